The lowest BCUT2D eigenvalue weighted by Crippen LogP contribution is -2.53. The fourth-order valence-electron chi connectivity index (χ4n) is 7.30. The van der Waals surface area contributed by atoms with Crippen LogP contribution in [0.5, 0.6) is 0 Å². The molecule has 4 atom stereocenters. The zero-order chi connectivity index (χ0) is 29.6. The Hall–Kier alpha value is -2.41. The zero-order valence-corrected chi connectivity index (χ0v) is 24.3. The van der Waals surface area contributed by atoms with Crippen molar-refractivity contribution in [2.75, 3.05) is 40.9 Å². The summed E-state index contributed by atoms with van der Waals surface area (Å²) in [6, 6.07) is 0.967. The molecule has 3 heterocycles. The molecule has 1 saturated heterocycles. The Morgan fingerprint density at radius 1 is 1.07 bits per heavy atom. The molecule has 2 saturated carbocycles. The number of hydrogen-bond donors (Lipinski definition) is 2. The fraction of sp³-hybridized carbons (Fsp3) is 0.724. The van der Waals surface area contributed by atoms with Crippen molar-refractivity contribution in [2.45, 2.75) is 69.9 Å². The van der Waals surface area contributed by atoms with E-state index in [4.69, 9.17) is 11.5 Å². The van der Waals surface area contributed by atoms with Crippen LogP contribution in [0.1, 0.15) is 62.1 Å². The molecule has 0 bridgehead atoms. The van der Waals surface area contributed by atoms with E-state index in [2.05, 4.69) is 0 Å². The maximum Gasteiger partial charge on any atom is 0.418 e. The van der Waals surface area contributed by atoms with Gasteiger partial charge in [-0.05, 0) is 55.7 Å². The molecule has 2 aromatic heterocycles. The molecular formula is C29H44F3N7O2. The third-order valence-corrected chi connectivity index (χ3v) is 9.82. The first-order chi connectivity index (χ1) is 19.4. The third-order valence-electron chi connectivity index (χ3n) is 9.82. The highest BCUT2D eigenvalue weighted by Gasteiger charge is 2.42. The molecule has 228 valence electrons. The Kier molecular flexibility index (Phi) is 8.58. The van der Waals surface area contributed by atoms with Crippen molar-refractivity contribution in [3.63, 3.8) is 0 Å². The highest BCUT2D eigenvalue weighted by atomic mass is 19.4. The minimum atomic E-state index is -4.61. The van der Waals surface area contributed by atoms with Crippen molar-refractivity contribution in [3.8, 4) is 0 Å². The molecule has 1 amide bonds. The van der Waals surface area contributed by atoms with Gasteiger partial charge in [-0.15, -0.1) is 0 Å². The van der Waals surface area contributed by atoms with Crippen molar-refractivity contribution in [1.82, 2.24) is 23.7 Å². The molecule has 4 N–H and O–H groups in total. The molecule has 3 fully saturated rings. The second kappa shape index (κ2) is 11.7. The first-order valence-electron chi connectivity index (χ1n) is 14.8. The fourth-order valence-corrected chi connectivity index (χ4v) is 7.30. The van der Waals surface area contributed by atoms with Gasteiger partial charge in [0.05, 0.1) is 23.2 Å². The van der Waals surface area contributed by atoms with E-state index in [0.717, 1.165) is 38.2 Å². The molecule has 3 aliphatic rings. The van der Waals surface area contributed by atoms with E-state index in [0.29, 0.717) is 37.7 Å². The highest BCUT2D eigenvalue weighted by Crippen LogP contribution is 2.46. The van der Waals surface area contributed by atoms with E-state index in [1.54, 1.807) is 14.1 Å². The number of fused-ring (bicyclic) bond motifs is 1. The zero-order valence-electron chi connectivity index (χ0n) is 24.3. The van der Waals surface area contributed by atoms with Crippen LogP contribution in [-0.2, 0) is 17.5 Å². The van der Waals surface area contributed by atoms with Crippen LogP contribution >= 0.6 is 0 Å². The van der Waals surface area contributed by atoms with Gasteiger partial charge in [0.25, 0.3) is 0 Å². The molecule has 9 nitrogen and oxygen atoms in total. The molecule has 2 aliphatic carbocycles. The van der Waals surface area contributed by atoms with Crippen LogP contribution in [0.4, 0.5) is 13.2 Å². The van der Waals surface area contributed by atoms with Crippen LogP contribution in [0.25, 0.3) is 5.52 Å². The van der Waals surface area contributed by atoms with Crippen LogP contribution in [0, 0.1) is 23.7 Å². The Morgan fingerprint density at radius 3 is 2.32 bits per heavy atom. The van der Waals surface area contributed by atoms with E-state index < -0.39 is 17.4 Å². The molecule has 0 aromatic carbocycles. The van der Waals surface area contributed by atoms with Crippen LogP contribution in [-0.4, -0.2) is 76.6 Å². The number of pyridine rings is 1. The lowest BCUT2D eigenvalue weighted by atomic mass is 9.65. The van der Waals surface area contributed by atoms with Gasteiger partial charge in [-0.2, -0.15) is 13.2 Å². The third kappa shape index (κ3) is 5.93. The number of nitrogens with two attached hydrogens (primary N) is 2. The summed E-state index contributed by atoms with van der Waals surface area (Å²) in [7, 11) is 5.32. The van der Waals surface area contributed by atoms with Crippen molar-refractivity contribution in [3.05, 3.63) is 40.1 Å². The Morgan fingerprint density at radius 2 is 1.73 bits per heavy atom. The number of carbonyl (C=O) groups excluding carboxylic acids is 1. The van der Waals surface area contributed by atoms with Crippen molar-refractivity contribution in [2.24, 2.45) is 35.1 Å². The number of carbonyl (C=O) groups is 1. The van der Waals surface area contributed by atoms with Gasteiger partial charge in [-0.1, -0.05) is 25.7 Å². The lowest BCUT2D eigenvalue weighted by molar-refractivity contribution is -0.138. The van der Waals surface area contributed by atoms with Gasteiger partial charge >= 0.3 is 11.9 Å². The van der Waals surface area contributed by atoms with Crippen LogP contribution < -0.4 is 17.2 Å². The number of hydrogen-bond acceptors (Lipinski definition) is 6. The molecule has 0 radical (unpaired) electrons. The summed E-state index contributed by atoms with van der Waals surface area (Å²) < 4.78 is 45.5. The minimum absolute atomic E-state index is 0.0157. The average molecular weight is 580 g/mol. The van der Waals surface area contributed by atoms with Gasteiger partial charge in [-0.3, -0.25) is 23.6 Å². The number of aromatic nitrogens is 2. The van der Waals surface area contributed by atoms with Gasteiger partial charge in [0.15, 0.2) is 0 Å². The summed E-state index contributed by atoms with van der Waals surface area (Å²) in [5.41, 5.74) is 11.6. The van der Waals surface area contributed by atoms with Gasteiger partial charge in [0.1, 0.15) is 0 Å². The molecule has 1 aliphatic heterocycles. The van der Waals surface area contributed by atoms with Crippen molar-refractivity contribution >= 4 is 11.4 Å². The summed E-state index contributed by atoms with van der Waals surface area (Å²) in [6.45, 7) is 1.57. The number of nitrogens with zero attached hydrogens (tertiary/aromatic N) is 5. The summed E-state index contributed by atoms with van der Waals surface area (Å²) in [4.78, 5) is 31.3. The van der Waals surface area contributed by atoms with Crippen molar-refractivity contribution < 1.29 is 18.0 Å². The van der Waals surface area contributed by atoms with Crippen LogP contribution in [0.2, 0.25) is 0 Å². The lowest BCUT2D eigenvalue weighted by Gasteiger charge is -2.46. The topological polar surface area (TPSA) is 105 Å². The minimum Gasteiger partial charge on any atom is -0.348 e. The Balaban J connectivity index is 1.41. The molecule has 41 heavy (non-hydrogen) atoms. The van der Waals surface area contributed by atoms with Gasteiger partial charge < -0.3 is 16.4 Å². The molecule has 12 heteroatoms. The van der Waals surface area contributed by atoms with E-state index in [9.17, 15) is 22.8 Å². The normalized spacial score (nSPS) is 24.3. The first kappa shape index (κ1) is 30.1. The van der Waals surface area contributed by atoms with E-state index >= 15 is 0 Å². The van der Waals surface area contributed by atoms with Gasteiger partial charge in [0.2, 0.25) is 5.91 Å². The SMILES string of the molecule is CN(C)C(=O)C1CN(Cc2cc(C(F)(F)F)c3cn(C4CCCC([C@@H](C5CCC5)C(N)N(C)CN)C4)c(=O)n3c2)C1. The number of imidazole rings is 1. The van der Waals surface area contributed by atoms with Crippen LogP contribution in [0.3, 0.4) is 0 Å². The Labute approximate surface area is 239 Å². The summed E-state index contributed by atoms with van der Waals surface area (Å²) in [6.07, 6.45) is 4.95. The number of amides is 1. The van der Waals surface area contributed by atoms with Crippen molar-refractivity contribution in [1.29, 1.82) is 0 Å². The van der Waals surface area contributed by atoms with Crippen LogP contribution in [0.15, 0.2) is 23.3 Å². The summed E-state index contributed by atoms with van der Waals surface area (Å²) in [5.74, 6) is 0.896. The smallest absolute Gasteiger partial charge is 0.348 e. The number of alkyl halides is 3. The first-order valence-corrected chi connectivity index (χ1v) is 14.8. The van der Waals surface area contributed by atoms with E-state index in [-0.39, 0.29) is 47.9 Å². The van der Waals surface area contributed by atoms with E-state index in [1.807, 2.05) is 16.8 Å². The second-order valence-corrected chi connectivity index (χ2v) is 12.7. The predicted octanol–water partition coefficient (Wildman–Crippen LogP) is 2.92. The largest absolute Gasteiger partial charge is 0.418 e. The monoisotopic (exact) mass is 579 g/mol. The average Bonchev–Trinajstić information content (AvgIpc) is 3.21. The Bertz CT molecular complexity index is 1300. The maximum absolute atomic E-state index is 14.3. The molecule has 0 spiro atoms. The quantitative estimate of drug-likeness (QED) is 0.443. The standard InChI is InChI=1S/C29H44F3N7O2/c1-35(2)27(40)21-14-37(15-21)12-18-10-23(29(30,31)32)24-16-38(28(41)39(24)13-18)22-9-5-8-20(11-22)25(19-6-4-7-19)26(34)36(3)17-33/h10,13,16,19-22,25-26H,4-9,11-12,14-15,17,33-34H2,1-3H3/t20?,22?,25-,26?/m1/s1. The molecule has 3 unspecified atom stereocenters. The maximum atomic E-state index is 14.3. The second-order valence-electron chi connectivity index (χ2n) is 12.7. The van der Waals surface area contributed by atoms with Gasteiger partial charge in [-0.25, -0.2) is 4.79 Å². The van der Waals surface area contributed by atoms with Gasteiger partial charge in [0, 0.05) is 58.8 Å². The molecular weight excluding hydrogens is 535 g/mol. The molecule has 2 aromatic rings. The number of rotatable bonds is 9. The van der Waals surface area contributed by atoms with E-state index in [1.165, 1.54) is 32.7 Å². The molecule has 5 rings (SSSR count). The number of halogens is 3. The summed E-state index contributed by atoms with van der Waals surface area (Å²) >= 11 is 0. The number of likely N-dealkylation sites (tertiary alicyclic amines) is 1. The summed E-state index contributed by atoms with van der Waals surface area (Å²) in [5, 5.41) is 0. The predicted molar refractivity (Wildman–Crippen MR) is 151 cm³/mol. The highest BCUT2D eigenvalue weighted by molar-refractivity contribution is 5.79.